The predicted octanol–water partition coefficient (Wildman–Crippen LogP) is 1.77. The van der Waals surface area contributed by atoms with Gasteiger partial charge < -0.3 is 180 Å². The third-order valence-corrected chi connectivity index (χ3v) is 17.4. The fourth-order valence-electron chi connectivity index (χ4n) is 11.9. The third-order valence-electron chi connectivity index (χ3n) is 17.4. The molecule has 0 aliphatic carbocycles. The maximum atomic E-state index is 14.8. The van der Waals surface area contributed by atoms with Crippen molar-refractivity contribution in [2.75, 3.05) is 13.2 Å². The number of phenolic OH excluding ortho intramolecular Hbond substituents is 23. The zero-order valence-electron chi connectivity index (χ0n) is 55.0. The first kappa shape index (κ1) is 76.2. The average Bonchev–Trinajstić information content (AvgIpc) is 1.21. The number of carbonyl (C=O) groups is 8. The third kappa shape index (κ3) is 13.2. The summed E-state index contributed by atoms with van der Waals surface area (Å²) in [7, 11) is 0. The second-order valence-corrected chi connectivity index (χ2v) is 24.3. The van der Waals surface area contributed by atoms with Crippen molar-refractivity contribution in [3.05, 3.63) is 111 Å². The lowest BCUT2D eigenvalue weighted by Gasteiger charge is -2.42. The molecule has 44 heteroatoms. The van der Waals surface area contributed by atoms with Gasteiger partial charge in [0.1, 0.15) is 31.0 Å². The Morgan fingerprint density at radius 3 is 1.06 bits per heavy atom. The van der Waals surface area contributed by atoms with Gasteiger partial charge in [-0.05, 0) is 60.7 Å². The van der Waals surface area contributed by atoms with Crippen LogP contribution in [0.4, 0.5) is 0 Å². The van der Waals surface area contributed by atoms with E-state index in [1.54, 1.807) is 0 Å². The topological polar surface area (TPSA) is 744 Å². The molecule has 0 amide bonds. The molecular formula is C68H50O44. The number of ether oxygens (including phenoxy) is 11. The molecule has 586 valence electrons. The van der Waals surface area contributed by atoms with E-state index in [0.29, 0.717) is 60.7 Å². The van der Waals surface area contributed by atoms with Crippen LogP contribution in [0.2, 0.25) is 0 Å². The molecule has 2 fully saturated rings. The van der Waals surface area contributed by atoms with Gasteiger partial charge in [0.25, 0.3) is 0 Å². The number of hydrogen-bond acceptors (Lipinski definition) is 44. The number of aliphatic hydroxyl groups is 2. The number of phenols is 23. The Morgan fingerprint density at radius 1 is 0.321 bits per heavy atom. The van der Waals surface area contributed by atoms with Gasteiger partial charge >= 0.3 is 47.8 Å². The zero-order valence-corrected chi connectivity index (χ0v) is 55.0. The van der Waals surface area contributed by atoms with Crippen molar-refractivity contribution in [3.8, 4) is 166 Å². The van der Waals surface area contributed by atoms with Crippen molar-refractivity contribution < 1.29 is 218 Å². The van der Waals surface area contributed by atoms with Gasteiger partial charge in [-0.1, -0.05) is 0 Å². The largest absolute Gasteiger partial charge is 0.504 e. The smallest absolute Gasteiger partial charge is 0.342 e. The Kier molecular flexibility index (Phi) is 19.3. The van der Waals surface area contributed by atoms with Crippen molar-refractivity contribution in [2.45, 2.75) is 61.4 Å². The molecule has 10 atom stereocenters. The summed E-state index contributed by atoms with van der Waals surface area (Å²) in [6, 6.07) is 4.25. The fraction of sp³-hybridized carbons (Fsp3) is 0.176. The number of rotatable bonds is 10. The molecule has 0 bridgehead atoms. The van der Waals surface area contributed by atoms with Crippen LogP contribution in [0.3, 0.4) is 0 Å². The zero-order chi connectivity index (χ0) is 81.7. The van der Waals surface area contributed by atoms with Gasteiger partial charge in [0.15, 0.2) is 146 Å². The van der Waals surface area contributed by atoms with Crippen LogP contribution in [-0.2, 0) is 47.4 Å². The van der Waals surface area contributed by atoms with Crippen molar-refractivity contribution in [1.82, 2.24) is 0 Å². The molecule has 4 unspecified atom stereocenters. The Labute approximate surface area is 616 Å². The summed E-state index contributed by atoms with van der Waals surface area (Å²) in [5.41, 5.74) is -13.5. The summed E-state index contributed by atoms with van der Waals surface area (Å²) in [5.74, 6) is -49.8. The normalized spacial score (nSPS) is 20.7. The first-order chi connectivity index (χ1) is 52.7. The number of carbonyl (C=O) groups excluding carboxylic acids is 8. The van der Waals surface area contributed by atoms with Crippen LogP contribution < -0.4 is 4.74 Å². The molecular weight excluding hydrogens is 1520 g/mol. The van der Waals surface area contributed by atoms with E-state index >= 15 is 0 Å². The van der Waals surface area contributed by atoms with Crippen molar-refractivity contribution in [2.24, 2.45) is 0 Å². The molecule has 44 nitrogen and oxygen atoms in total. The lowest BCUT2D eigenvalue weighted by atomic mass is 9.92. The second kappa shape index (κ2) is 28.4. The quantitative estimate of drug-likeness (QED) is 0.0527. The van der Waals surface area contributed by atoms with E-state index in [2.05, 4.69) is 0 Å². The van der Waals surface area contributed by atoms with Gasteiger partial charge in [0, 0.05) is 28.3 Å². The lowest BCUT2D eigenvalue weighted by molar-refractivity contribution is -0.284. The van der Waals surface area contributed by atoms with Crippen molar-refractivity contribution >= 4 is 47.8 Å². The SMILES string of the molecule is O=C(OC1OC2COC(=O)c3cc(O)c(O)c(O)c3-c3c(cc(O)c(O)c3O)C(=O)O[C@H]2[C@H](OC(=O)c2cc(O)c(O)c(O)c2)[C@@H]1O)c1cc(O)c(O)c(Oc2c(C(=O)OC3[C@H](O)OC4COC(=O)c5cc(O)c(O)c(O)c5-c5c(cc(O)c(O)c5O)C(=O)O[C@H]4[C@@H]3OC(=O)c3cc(O)c(O)c(O)c3)cc(O)c(O)c2O)c1. The Balaban J connectivity index is 0.895. The molecule has 4 heterocycles. The van der Waals surface area contributed by atoms with Gasteiger partial charge in [-0.25, -0.2) is 38.4 Å². The van der Waals surface area contributed by atoms with Crippen molar-refractivity contribution in [3.63, 3.8) is 0 Å². The van der Waals surface area contributed by atoms with Crippen LogP contribution in [0.15, 0.2) is 66.7 Å². The first-order valence-electron chi connectivity index (χ1n) is 31.1. The van der Waals surface area contributed by atoms with E-state index in [1.165, 1.54) is 0 Å². The van der Waals surface area contributed by atoms with E-state index in [-0.39, 0.29) is 6.07 Å². The lowest BCUT2D eigenvalue weighted by Crippen LogP contribution is -2.62. The van der Waals surface area contributed by atoms with Gasteiger partial charge in [-0.2, -0.15) is 0 Å². The predicted molar refractivity (Wildman–Crippen MR) is 345 cm³/mol. The van der Waals surface area contributed by atoms with Crippen molar-refractivity contribution in [1.29, 1.82) is 0 Å². The van der Waals surface area contributed by atoms with E-state index in [4.69, 9.17) is 52.1 Å². The minimum Gasteiger partial charge on any atom is -0.504 e. The number of fused-ring (bicyclic) bond motifs is 8. The van der Waals surface area contributed by atoms with Crippen LogP contribution in [0.25, 0.3) is 22.3 Å². The standard InChI is InChI=1S/C68H50O44/c69-22-1-14(2-23(70)39(22)79)59(93)109-56-52(92)68(106-34-13-103-63(97)18-8-28(75)43(83)48(88)36(18)37-19(64(98)107-54(34)56)9-29(76)44(84)49(37)89)112-61(95)16-5-26(73)41(81)32(6-16)104-53-21(11-31(78)46(86)51(53)91)66(100)111-58-57(110-60(94)15-3-24(71)40(80)25(72)4-15)55-33(105-67(58)101)12-102-62(96)17-7-27(74)42(82)47(87)35(17)38-20(65(99)108-55)10-30(77)45(85)50(38)90/h1-11,33-34,52,54-58,67-92,101H,12-13H2/t33?,34?,52-,54+,55+,56+,57-,58?,67+,68?/m0/s1. The molecule has 4 aliphatic rings. The molecule has 4 aliphatic heterocycles. The Bertz CT molecular complexity index is 5350. The fourth-order valence-corrected chi connectivity index (χ4v) is 11.9. The van der Waals surface area contributed by atoms with Gasteiger partial charge in [-0.3, -0.25) is 0 Å². The number of aliphatic hydroxyl groups excluding tert-OH is 2. The summed E-state index contributed by atoms with van der Waals surface area (Å²) in [5, 5.41) is 270. The van der Waals surface area contributed by atoms with Crippen LogP contribution >= 0.6 is 0 Å². The molecule has 0 saturated carbocycles. The second-order valence-electron chi connectivity index (χ2n) is 24.3. The minimum atomic E-state index is -2.84. The molecule has 25 N–H and O–H groups in total. The number of aromatic hydroxyl groups is 23. The first-order valence-corrected chi connectivity index (χ1v) is 31.1. The summed E-state index contributed by atoms with van der Waals surface area (Å²) in [6.07, 6.45) is -26.1. The van der Waals surface area contributed by atoms with Crippen LogP contribution in [0.1, 0.15) is 82.9 Å². The highest BCUT2D eigenvalue weighted by Crippen LogP contribution is 2.57. The van der Waals surface area contributed by atoms with Gasteiger partial charge in [0.05, 0.1) is 38.9 Å². The summed E-state index contributed by atoms with van der Waals surface area (Å²) in [6.45, 7) is -2.72. The maximum absolute atomic E-state index is 14.8. The number of esters is 8. The van der Waals surface area contributed by atoms with E-state index in [1.807, 2.05) is 0 Å². The van der Waals surface area contributed by atoms with E-state index < -0.39 is 333 Å². The summed E-state index contributed by atoms with van der Waals surface area (Å²) in [4.78, 5) is 115. The number of hydrogen-bond donors (Lipinski definition) is 25. The molecule has 0 spiro atoms. The van der Waals surface area contributed by atoms with E-state index in [9.17, 15) is 166 Å². The molecule has 12 rings (SSSR count). The monoisotopic (exact) mass is 1570 g/mol. The van der Waals surface area contributed by atoms with Gasteiger partial charge in [0.2, 0.25) is 46.5 Å². The molecule has 112 heavy (non-hydrogen) atoms. The molecule has 2 saturated heterocycles. The molecule has 8 aromatic rings. The van der Waals surface area contributed by atoms with Crippen LogP contribution in [0, 0.1) is 0 Å². The van der Waals surface area contributed by atoms with Crippen LogP contribution in [0.5, 0.6) is 144 Å². The summed E-state index contributed by atoms with van der Waals surface area (Å²) < 4.78 is 60.8. The highest BCUT2D eigenvalue weighted by molar-refractivity contribution is 6.10. The average molecular weight is 1570 g/mol. The Hall–Kier alpha value is -15.4. The molecule has 0 radical (unpaired) electrons. The van der Waals surface area contributed by atoms with Crippen LogP contribution in [-0.4, -0.2) is 250 Å². The highest BCUT2D eigenvalue weighted by atomic mass is 16.7. The number of cyclic esters (lactones) is 2. The van der Waals surface area contributed by atoms with Gasteiger partial charge in [-0.15, -0.1) is 0 Å². The highest BCUT2D eigenvalue weighted by Gasteiger charge is 2.56. The maximum Gasteiger partial charge on any atom is 0.342 e. The molecule has 0 aromatic heterocycles. The number of benzene rings is 8. The summed E-state index contributed by atoms with van der Waals surface area (Å²) >= 11 is 0. The minimum absolute atomic E-state index is 0.194. The molecule has 8 aromatic carbocycles. The Morgan fingerprint density at radius 2 is 0.643 bits per heavy atom. The van der Waals surface area contributed by atoms with E-state index in [0.717, 1.165) is 0 Å².